The molecule has 0 fully saturated rings. The van der Waals surface area contributed by atoms with Crippen molar-refractivity contribution in [3.05, 3.63) is 35.0 Å². The van der Waals surface area contributed by atoms with Gasteiger partial charge in [0, 0.05) is 0 Å². The third-order valence-electron chi connectivity index (χ3n) is 1.44. The zero-order valence-electron chi connectivity index (χ0n) is 6.27. The lowest BCUT2D eigenvalue weighted by molar-refractivity contribution is 0.296. The van der Waals surface area contributed by atoms with Crippen molar-refractivity contribution in [2.45, 2.75) is 6.42 Å². The molecule has 0 aliphatic rings. The van der Waals surface area contributed by atoms with Crippen molar-refractivity contribution in [1.29, 1.82) is 5.26 Å². The summed E-state index contributed by atoms with van der Waals surface area (Å²) in [6.07, 6.45) is 0.310. The van der Waals surface area contributed by atoms with Crippen molar-refractivity contribution in [3.8, 4) is 6.07 Å². The number of hydrogen-bond acceptors (Lipinski definition) is 4. The van der Waals surface area contributed by atoms with Gasteiger partial charge >= 0.3 is 0 Å². The summed E-state index contributed by atoms with van der Waals surface area (Å²) in [5.74, 6) is 0. The van der Waals surface area contributed by atoms with E-state index < -0.39 is 0 Å². The second kappa shape index (κ2) is 3.72. The fraction of sp³-hybridized carbons (Fsp3) is 0.125. The molecule has 0 atom stereocenters. The first-order valence-corrected chi connectivity index (χ1v) is 3.36. The highest BCUT2D eigenvalue weighted by Crippen LogP contribution is 2.12. The van der Waals surface area contributed by atoms with Crippen LogP contribution in [0.25, 0.3) is 0 Å². The Morgan fingerprint density at radius 2 is 2.00 bits per heavy atom. The number of hydrogen-bond donors (Lipinski definition) is 1. The highest BCUT2D eigenvalue weighted by atomic mass is 16.8. The standard InChI is InChI=1S/C8H7N2O2/c9-6-5-7-1-3-8(4-2-7)10(11)12/h1-4,11H,5H2/q-1. The Hall–Kier alpha value is -1.57. The Balaban J connectivity index is 2.80. The van der Waals surface area contributed by atoms with Gasteiger partial charge in [0.05, 0.1) is 18.2 Å². The predicted octanol–water partition coefficient (Wildman–Crippen LogP) is 1.45. The van der Waals surface area contributed by atoms with Gasteiger partial charge in [0.15, 0.2) is 0 Å². The molecule has 0 radical (unpaired) electrons. The molecule has 1 aromatic rings. The van der Waals surface area contributed by atoms with E-state index in [4.69, 9.17) is 10.5 Å². The largest absolute Gasteiger partial charge is 0.733 e. The zero-order chi connectivity index (χ0) is 8.97. The molecule has 0 heterocycles. The van der Waals surface area contributed by atoms with Gasteiger partial charge in [-0.3, -0.25) is 5.21 Å². The van der Waals surface area contributed by atoms with Crippen molar-refractivity contribution in [2.75, 3.05) is 5.23 Å². The molecule has 0 unspecified atom stereocenters. The van der Waals surface area contributed by atoms with Gasteiger partial charge in [-0.2, -0.15) is 5.26 Å². The molecular formula is C8H7N2O2-. The molecule has 12 heavy (non-hydrogen) atoms. The Labute approximate surface area is 69.8 Å². The topological polar surface area (TPSA) is 70.3 Å². The van der Waals surface area contributed by atoms with E-state index in [2.05, 4.69) is 0 Å². The van der Waals surface area contributed by atoms with Crippen LogP contribution in [0.5, 0.6) is 0 Å². The smallest absolute Gasteiger partial charge is 0.0669 e. The van der Waals surface area contributed by atoms with Crippen molar-refractivity contribution in [1.82, 2.24) is 0 Å². The van der Waals surface area contributed by atoms with Crippen LogP contribution in [-0.4, -0.2) is 5.21 Å². The van der Waals surface area contributed by atoms with Crippen LogP contribution in [0.1, 0.15) is 5.56 Å². The average Bonchev–Trinajstić information content (AvgIpc) is 2.06. The minimum Gasteiger partial charge on any atom is -0.733 e. The SMILES string of the molecule is N#CCc1ccc(N([O-])O)cc1. The Morgan fingerprint density at radius 1 is 1.42 bits per heavy atom. The predicted molar refractivity (Wildman–Crippen MR) is 43.4 cm³/mol. The minimum atomic E-state index is -0.212. The van der Waals surface area contributed by atoms with E-state index in [-0.39, 0.29) is 10.9 Å². The molecule has 0 bridgehead atoms. The minimum absolute atomic E-state index is 0.164. The lowest BCUT2D eigenvalue weighted by atomic mass is 10.1. The van der Waals surface area contributed by atoms with Gasteiger partial charge in [0.1, 0.15) is 0 Å². The maximum Gasteiger partial charge on any atom is 0.0669 e. The molecule has 0 aromatic heterocycles. The molecule has 1 rings (SSSR count). The van der Waals surface area contributed by atoms with Crippen LogP contribution in [0, 0.1) is 16.5 Å². The second-order valence-electron chi connectivity index (χ2n) is 2.27. The zero-order valence-corrected chi connectivity index (χ0v) is 6.27. The van der Waals surface area contributed by atoms with Gasteiger partial charge in [0.2, 0.25) is 0 Å². The first-order valence-electron chi connectivity index (χ1n) is 3.36. The second-order valence-corrected chi connectivity index (χ2v) is 2.27. The summed E-state index contributed by atoms with van der Waals surface area (Å²) in [7, 11) is 0. The monoisotopic (exact) mass is 163 g/mol. The number of nitriles is 1. The summed E-state index contributed by atoms with van der Waals surface area (Å²) >= 11 is 0. The molecular weight excluding hydrogens is 156 g/mol. The fourth-order valence-electron chi connectivity index (χ4n) is 0.833. The summed E-state index contributed by atoms with van der Waals surface area (Å²) < 4.78 is 0. The van der Waals surface area contributed by atoms with Crippen LogP contribution >= 0.6 is 0 Å². The summed E-state index contributed by atoms with van der Waals surface area (Å²) in [6.45, 7) is 0. The average molecular weight is 163 g/mol. The van der Waals surface area contributed by atoms with E-state index in [0.29, 0.717) is 6.42 Å². The quantitative estimate of drug-likeness (QED) is 0.670. The van der Waals surface area contributed by atoms with Crippen LogP contribution in [-0.2, 0) is 6.42 Å². The van der Waals surface area contributed by atoms with E-state index >= 15 is 0 Å². The van der Waals surface area contributed by atoms with Crippen LogP contribution in [0.2, 0.25) is 0 Å². The van der Waals surface area contributed by atoms with Gasteiger partial charge in [-0.1, -0.05) is 12.1 Å². The number of benzene rings is 1. The molecule has 0 saturated carbocycles. The number of anilines is 1. The molecule has 0 aliphatic heterocycles. The van der Waals surface area contributed by atoms with Crippen molar-refractivity contribution >= 4 is 5.69 Å². The van der Waals surface area contributed by atoms with Crippen LogP contribution < -0.4 is 5.23 Å². The van der Waals surface area contributed by atoms with Crippen LogP contribution in [0.4, 0.5) is 5.69 Å². The van der Waals surface area contributed by atoms with Gasteiger partial charge in [-0.05, 0) is 17.7 Å². The summed E-state index contributed by atoms with van der Waals surface area (Å²) in [4.78, 5) is 0. The third-order valence-corrected chi connectivity index (χ3v) is 1.44. The van der Waals surface area contributed by atoms with Crippen molar-refractivity contribution < 1.29 is 5.21 Å². The summed E-state index contributed by atoms with van der Waals surface area (Å²) in [5, 5.41) is 26.9. The lowest BCUT2D eigenvalue weighted by Crippen LogP contribution is -2.06. The third kappa shape index (κ3) is 1.95. The normalized spacial score (nSPS) is 9.08. The summed E-state index contributed by atoms with van der Waals surface area (Å²) in [5.41, 5.74) is 0.986. The molecule has 0 aliphatic carbocycles. The van der Waals surface area contributed by atoms with E-state index in [1.54, 1.807) is 12.1 Å². The van der Waals surface area contributed by atoms with E-state index in [1.807, 2.05) is 6.07 Å². The Kier molecular flexibility index (Phi) is 2.64. The molecule has 0 saturated heterocycles. The Morgan fingerprint density at radius 3 is 2.42 bits per heavy atom. The van der Waals surface area contributed by atoms with Gasteiger partial charge in [-0.15, -0.1) is 0 Å². The highest BCUT2D eigenvalue weighted by molar-refractivity contribution is 5.45. The number of nitrogens with zero attached hydrogens (tertiary/aromatic N) is 2. The van der Waals surface area contributed by atoms with E-state index in [0.717, 1.165) is 5.56 Å². The number of rotatable bonds is 2. The molecule has 4 nitrogen and oxygen atoms in total. The maximum atomic E-state index is 10.3. The molecule has 0 spiro atoms. The van der Waals surface area contributed by atoms with Crippen molar-refractivity contribution in [2.24, 2.45) is 0 Å². The van der Waals surface area contributed by atoms with Crippen LogP contribution in [0.15, 0.2) is 24.3 Å². The van der Waals surface area contributed by atoms with Gasteiger partial charge in [0.25, 0.3) is 0 Å². The maximum absolute atomic E-state index is 10.3. The molecule has 1 aromatic carbocycles. The molecule has 1 N–H and O–H groups in total. The molecule has 4 heteroatoms. The lowest BCUT2D eigenvalue weighted by Gasteiger charge is -2.21. The molecule has 0 amide bonds. The van der Waals surface area contributed by atoms with Gasteiger partial charge in [-0.25, -0.2) is 0 Å². The van der Waals surface area contributed by atoms with E-state index in [1.165, 1.54) is 12.1 Å². The Bertz CT molecular complexity index is 287. The highest BCUT2D eigenvalue weighted by Gasteiger charge is 1.93. The molecule has 62 valence electrons. The van der Waals surface area contributed by atoms with Gasteiger partial charge < -0.3 is 10.4 Å². The van der Waals surface area contributed by atoms with Crippen molar-refractivity contribution in [3.63, 3.8) is 0 Å². The fourth-order valence-corrected chi connectivity index (χ4v) is 0.833. The van der Waals surface area contributed by atoms with Crippen LogP contribution in [0.3, 0.4) is 0 Å². The first kappa shape index (κ1) is 8.53. The van der Waals surface area contributed by atoms with E-state index in [9.17, 15) is 5.21 Å². The first-order chi connectivity index (χ1) is 5.74. The summed E-state index contributed by atoms with van der Waals surface area (Å²) in [6, 6.07) is 8.14.